The molecule has 200 valence electrons. The van der Waals surface area contributed by atoms with E-state index in [2.05, 4.69) is 16.6 Å². The molecular formula is C30H35N3O4S. The highest BCUT2D eigenvalue weighted by atomic mass is 32.2. The molecule has 4 rings (SSSR count). The van der Waals surface area contributed by atoms with Crippen molar-refractivity contribution in [3.8, 4) is 5.75 Å². The number of nitrogens with zero attached hydrogens (tertiary/aromatic N) is 1. The van der Waals surface area contributed by atoms with Crippen LogP contribution in [0.25, 0.3) is 5.70 Å². The Morgan fingerprint density at radius 2 is 1.87 bits per heavy atom. The lowest BCUT2D eigenvalue weighted by molar-refractivity contribution is 0.243. The van der Waals surface area contributed by atoms with Gasteiger partial charge in [-0.05, 0) is 61.6 Å². The van der Waals surface area contributed by atoms with Gasteiger partial charge >= 0.3 is 0 Å². The number of aliphatic imine (C=N–C) groups is 1. The molecule has 0 bridgehead atoms. The fourth-order valence-corrected chi connectivity index (χ4v) is 6.12. The molecule has 0 radical (unpaired) electrons. The summed E-state index contributed by atoms with van der Waals surface area (Å²) in [6, 6.07) is 20.5. The number of rotatable bonds is 10. The average molecular weight is 534 g/mol. The molecule has 0 amide bonds. The van der Waals surface area contributed by atoms with Crippen molar-refractivity contribution in [3.63, 3.8) is 0 Å². The summed E-state index contributed by atoms with van der Waals surface area (Å²) in [5.74, 6) is 1.13. The number of methoxy groups -OCH3 is 1. The van der Waals surface area contributed by atoms with E-state index < -0.39 is 10.0 Å². The van der Waals surface area contributed by atoms with Crippen LogP contribution < -0.4 is 14.8 Å². The van der Waals surface area contributed by atoms with Crippen LogP contribution in [0.5, 0.6) is 5.75 Å². The maximum atomic E-state index is 12.9. The van der Waals surface area contributed by atoms with Crippen molar-refractivity contribution in [3.05, 3.63) is 101 Å². The third-order valence-electron chi connectivity index (χ3n) is 6.39. The molecule has 1 unspecified atom stereocenters. The standard InChI is InChI=1S/C30H35N3O4S/c1-20(2)37-29-17-14-23(18-28(29)31-4)30(36-5)32-21(3)24-12-9-13-26-25(24)15-16-27(26)33-38(34,35)19-22-10-7-6-8-11-22/h6-14,17-18,20,27,31,33H,3,15-16,19H2,1-2,4-5H3. The van der Waals surface area contributed by atoms with Gasteiger partial charge in [-0.1, -0.05) is 55.1 Å². The van der Waals surface area contributed by atoms with Gasteiger partial charge < -0.3 is 14.8 Å². The minimum atomic E-state index is -3.51. The molecule has 1 aliphatic rings. The molecule has 8 heteroatoms. The van der Waals surface area contributed by atoms with Gasteiger partial charge in [-0.3, -0.25) is 0 Å². The van der Waals surface area contributed by atoms with Crippen molar-refractivity contribution in [2.24, 2.45) is 4.99 Å². The normalized spacial score (nSPS) is 15.3. The molecule has 0 aromatic heterocycles. The number of hydrogen-bond acceptors (Lipinski definition) is 6. The van der Waals surface area contributed by atoms with Gasteiger partial charge in [-0.2, -0.15) is 0 Å². The van der Waals surface area contributed by atoms with E-state index in [1.54, 1.807) is 7.11 Å². The van der Waals surface area contributed by atoms with Crippen molar-refractivity contribution in [1.82, 2.24) is 4.72 Å². The van der Waals surface area contributed by atoms with Crippen molar-refractivity contribution in [1.29, 1.82) is 0 Å². The van der Waals surface area contributed by atoms with Gasteiger partial charge in [0.05, 0.1) is 30.4 Å². The van der Waals surface area contributed by atoms with Crippen molar-refractivity contribution in [2.75, 3.05) is 19.5 Å². The number of fused-ring (bicyclic) bond motifs is 1. The summed E-state index contributed by atoms with van der Waals surface area (Å²) >= 11 is 0. The molecule has 38 heavy (non-hydrogen) atoms. The molecular weight excluding hydrogens is 498 g/mol. The molecule has 1 aliphatic carbocycles. The van der Waals surface area contributed by atoms with Crippen molar-refractivity contribution in [2.45, 2.75) is 44.6 Å². The molecule has 0 spiro atoms. The quantitative estimate of drug-likeness (QED) is 0.258. The largest absolute Gasteiger partial charge is 0.489 e. The first-order chi connectivity index (χ1) is 18.2. The van der Waals surface area contributed by atoms with E-state index in [0.29, 0.717) is 18.0 Å². The SMILES string of the molecule is C=C(N=C(OC)c1ccc(OC(C)C)c(NC)c1)c1cccc2c1CCC2NS(=O)(=O)Cc1ccccc1. The first-order valence-electron chi connectivity index (χ1n) is 12.7. The molecule has 2 N–H and O–H groups in total. The van der Waals surface area contributed by atoms with Crippen LogP contribution in [0, 0.1) is 0 Å². The number of hydrogen-bond donors (Lipinski definition) is 2. The maximum absolute atomic E-state index is 12.9. The van der Waals surface area contributed by atoms with Crippen LogP contribution in [0.1, 0.15) is 54.1 Å². The molecule has 0 fully saturated rings. The number of ether oxygens (including phenoxy) is 2. The van der Waals surface area contributed by atoms with Gasteiger partial charge in [0.1, 0.15) is 5.75 Å². The molecule has 3 aromatic carbocycles. The lowest BCUT2D eigenvalue weighted by Crippen LogP contribution is -2.28. The van der Waals surface area contributed by atoms with E-state index in [1.165, 1.54) is 0 Å². The van der Waals surface area contributed by atoms with E-state index >= 15 is 0 Å². The third-order valence-corrected chi connectivity index (χ3v) is 7.75. The van der Waals surface area contributed by atoms with Crippen LogP contribution in [0.2, 0.25) is 0 Å². The minimum absolute atomic E-state index is 0.0510. The van der Waals surface area contributed by atoms with Gasteiger partial charge in [-0.15, -0.1) is 0 Å². The molecule has 0 saturated carbocycles. The summed E-state index contributed by atoms with van der Waals surface area (Å²) in [6.07, 6.45) is 1.46. The first-order valence-corrected chi connectivity index (χ1v) is 14.3. The van der Waals surface area contributed by atoms with Crippen LogP contribution in [0.3, 0.4) is 0 Å². The zero-order chi connectivity index (χ0) is 27.3. The van der Waals surface area contributed by atoms with E-state index in [1.807, 2.05) is 87.6 Å². The van der Waals surface area contributed by atoms with Crippen LogP contribution in [-0.2, 0) is 26.9 Å². The Morgan fingerprint density at radius 3 is 2.55 bits per heavy atom. The Kier molecular flexibility index (Phi) is 8.54. The number of nitrogens with one attached hydrogen (secondary N) is 2. The minimum Gasteiger partial charge on any atom is -0.489 e. The van der Waals surface area contributed by atoms with Gasteiger partial charge in [0.15, 0.2) is 0 Å². The Bertz CT molecular complexity index is 1430. The second-order valence-corrected chi connectivity index (χ2v) is 11.3. The van der Waals surface area contributed by atoms with Crippen molar-refractivity contribution >= 4 is 27.3 Å². The molecule has 7 nitrogen and oxygen atoms in total. The number of anilines is 1. The summed E-state index contributed by atoms with van der Waals surface area (Å²) in [6.45, 7) is 8.19. The Morgan fingerprint density at radius 1 is 1.11 bits per heavy atom. The van der Waals surface area contributed by atoms with Gasteiger partial charge in [0.25, 0.3) is 0 Å². The van der Waals surface area contributed by atoms with Gasteiger partial charge in [-0.25, -0.2) is 18.1 Å². The summed E-state index contributed by atoms with van der Waals surface area (Å²) in [5.41, 5.74) is 5.83. The second kappa shape index (κ2) is 11.8. The highest BCUT2D eigenvalue weighted by Gasteiger charge is 2.29. The molecule has 0 aliphatic heterocycles. The van der Waals surface area contributed by atoms with E-state index in [-0.39, 0.29) is 17.9 Å². The molecule has 1 atom stereocenters. The summed E-state index contributed by atoms with van der Waals surface area (Å²) in [5, 5.41) is 3.16. The van der Waals surface area contributed by atoms with E-state index in [9.17, 15) is 8.42 Å². The van der Waals surface area contributed by atoms with Crippen molar-refractivity contribution < 1.29 is 17.9 Å². The third kappa shape index (κ3) is 6.44. The van der Waals surface area contributed by atoms with Crippen LogP contribution in [0.4, 0.5) is 5.69 Å². The zero-order valence-corrected chi connectivity index (χ0v) is 23.1. The fourth-order valence-electron chi connectivity index (χ4n) is 4.73. The van der Waals surface area contributed by atoms with Gasteiger partial charge in [0, 0.05) is 24.2 Å². The molecule has 0 saturated heterocycles. The van der Waals surface area contributed by atoms with Crippen LogP contribution >= 0.6 is 0 Å². The highest BCUT2D eigenvalue weighted by molar-refractivity contribution is 7.88. The van der Waals surface area contributed by atoms with Crippen LogP contribution in [0.15, 0.2) is 78.3 Å². The molecule has 0 heterocycles. The average Bonchev–Trinajstić information content (AvgIpc) is 3.29. The van der Waals surface area contributed by atoms with Gasteiger partial charge in [0.2, 0.25) is 15.9 Å². The summed E-state index contributed by atoms with van der Waals surface area (Å²) in [4.78, 5) is 4.73. The maximum Gasteiger partial charge on any atom is 0.221 e. The second-order valence-electron chi connectivity index (χ2n) is 9.52. The predicted octanol–water partition coefficient (Wildman–Crippen LogP) is 5.69. The lowest BCUT2D eigenvalue weighted by atomic mass is 10.0. The van der Waals surface area contributed by atoms with E-state index in [0.717, 1.165) is 45.7 Å². The highest BCUT2D eigenvalue weighted by Crippen LogP contribution is 2.37. The molecule has 3 aromatic rings. The predicted molar refractivity (Wildman–Crippen MR) is 154 cm³/mol. The first kappa shape index (κ1) is 27.4. The topological polar surface area (TPSA) is 89.0 Å². The van der Waals surface area contributed by atoms with E-state index in [4.69, 9.17) is 14.5 Å². The summed E-state index contributed by atoms with van der Waals surface area (Å²) < 4.78 is 40.2. The smallest absolute Gasteiger partial charge is 0.221 e. The summed E-state index contributed by atoms with van der Waals surface area (Å²) in [7, 11) is -0.0870. The monoisotopic (exact) mass is 533 g/mol. The Balaban J connectivity index is 1.56. The zero-order valence-electron chi connectivity index (χ0n) is 22.3. The number of sulfonamides is 1. The Hall–Kier alpha value is -3.62. The Labute approximate surface area is 225 Å². The lowest BCUT2D eigenvalue weighted by Gasteiger charge is -2.16. The van der Waals surface area contributed by atoms with Crippen LogP contribution in [-0.4, -0.2) is 34.6 Å². The number of benzene rings is 3. The fraction of sp³-hybridized carbons (Fsp3) is 0.300.